The maximum Gasteiger partial charge on any atom is 0.175 e. The highest BCUT2D eigenvalue weighted by atomic mass is 32.2. The number of thioether (sulfide) groups is 1. The molecule has 0 radical (unpaired) electrons. The minimum absolute atomic E-state index is 0.0808. The van der Waals surface area contributed by atoms with E-state index in [1.54, 1.807) is 6.20 Å². The zero-order valence-corrected chi connectivity index (χ0v) is 21.9. The summed E-state index contributed by atoms with van der Waals surface area (Å²) < 4.78 is 0. The Morgan fingerprint density at radius 2 is 1.94 bits per heavy atom. The molecule has 3 fully saturated rings. The molecule has 5 nitrogen and oxygen atoms in total. The largest absolute Gasteiger partial charge is 0.393 e. The minimum atomic E-state index is -1.44. The maximum atomic E-state index is 13.7. The third-order valence-electron chi connectivity index (χ3n) is 10.5. The van der Waals surface area contributed by atoms with Crippen molar-refractivity contribution in [2.24, 2.45) is 28.6 Å². The lowest BCUT2D eigenvalue weighted by atomic mass is 9.45. The molecular formula is C30H35NO4S. The van der Waals surface area contributed by atoms with Crippen LogP contribution in [0.1, 0.15) is 58.8 Å². The van der Waals surface area contributed by atoms with E-state index in [0.29, 0.717) is 19.3 Å². The lowest BCUT2D eigenvalue weighted by Crippen LogP contribution is -2.61. The molecule has 0 bridgehead atoms. The number of Topliss-reactive ketones (excluding diaryl/α,β-unsaturated/α-hetero) is 1. The fourth-order valence-corrected chi connectivity index (χ4v) is 9.61. The van der Waals surface area contributed by atoms with Crippen molar-refractivity contribution in [1.29, 1.82) is 0 Å². The summed E-state index contributed by atoms with van der Waals surface area (Å²) in [5.41, 5.74) is -0.175. The molecule has 4 aliphatic rings. The molecule has 6 heteroatoms. The number of hydrogen-bond donors (Lipinski definition) is 2. The molecular weight excluding hydrogens is 470 g/mol. The zero-order valence-electron chi connectivity index (χ0n) is 21.1. The second-order valence-corrected chi connectivity index (χ2v) is 13.0. The van der Waals surface area contributed by atoms with E-state index in [4.69, 9.17) is 0 Å². The van der Waals surface area contributed by atoms with Crippen molar-refractivity contribution >= 4 is 34.2 Å². The normalized spacial score (nSPS) is 39.8. The third kappa shape index (κ3) is 3.40. The van der Waals surface area contributed by atoms with Gasteiger partial charge < -0.3 is 10.2 Å². The van der Waals surface area contributed by atoms with Crippen molar-refractivity contribution in [3.63, 3.8) is 0 Å². The van der Waals surface area contributed by atoms with E-state index in [9.17, 15) is 19.8 Å². The standard InChI is InChI=1S/C30H35NO4S/c1-28-12-10-20(32)15-19(28)8-9-21-22-11-13-30(35,29(22,2)16-23(33)26(21)28)25(34)17-36-24-7-3-5-18-6-4-14-31-27(18)24/h3-7,14-15,21-23,26,33,35H,8-13,16-17H2,1-2H3/t21?,22?,23-,26?,28?,29?,30-/m0/s1. The Balaban J connectivity index is 1.26. The molecule has 4 aliphatic carbocycles. The molecule has 190 valence electrons. The van der Waals surface area contributed by atoms with Gasteiger partial charge in [0.05, 0.1) is 17.4 Å². The summed E-state index contributed by atoms with van der Waals surface area (Å²) in [6.07, 6.45) is 7.82. The van der Waals surface area contributed by atoms with Crippen molar-refractivity contribution in [1.82, 2.24) is 4.98 Å². The van der Waals surface area contributed by atoms with Gasteiger partial charge in [-0.05, 0) is 79.9 Å². The molecule has 2 aromatic rings. The fourth-order valence-electron chi connectivity index (χ4n) is 8.61. The van der Waals surface area contributed by atoms with Crippen LogP contribution in [0.3, 0.4) is 0 Å². The Morgan fingerprint density at radius 3 is 2.78 bits per heavy atom. The number of allylic oxidation sites excluding steroid dienone is 1. The number of aromatic nitrogens is 1. The SMILES string of the molecule is CC12CCC(=O)C=C1CCC1C2[C@@H](O)CC2(C)C1CC[C@]2(O)C(=O)CSc1cccc2cccnc12. The average molecular weight is 506 g/mol. The summed E-state index contributed by atoms with van der Waals surface area (Å²) in [5, 5.41) is 24.6. The van der Waals surface area contributed by atoms with Crippen LogP contribution >= 0.6 is 11.8 Å². The van der Waals surface area contributed by atoms with Gasteiger partial charge in [-0.15, -0.1) is 11.8 Å². The van der Waals surface area contributed by atoms with Gasteiger partial charge in [-0.25, -0.2) is 0 Å². The predicted molar refractivity (Wildman–Crippen MR) is 141 cm³/mol. The maximum absolute atomic E-state index is 13.7. The highest BCUT2D eigenvalue weighted by Crippen LogP contribution is 2.67. The van der Waals surface area contributed by atoms with E-state index in [0.717, 1.165) is 41.5 Å². The van der Waals surface area contributed by atoms with Crippen molar-refractivity contribution in [3.8, 4) is 0 Å². The van der Waals surface area contributed by atoms with Crippen molar-refractivity contribution in [2.75, 3.05) is 5.75 Å². The third-order valence-corrected chi connectivity index (χ3v) is 11.5. The van der Waals surface area contributed by atoms with Gasteiger partial charge in [0.1, 0.15) is 5.60 Å². The molecule has 36 heavy (non-hydrogen) atoms. The topological polar surface area (TPSA) is 87.5 Å². The monoisotopic (exact) mass is 505 g/mol. The first-order valence-corrected chi connectivity index (χ1v) is 14.3. The summed E-state index contributed by atoms with van der Waals surface area (Å²) in [5.74, 6) is 0.784. The lowest BCUT2D eigenvalue weighted by Gasteiger charge is -2.60. The highest BCUT2D eigenvalue weighted by Gasteiger charge is 2.68. The number of benzene rings is 1. The molecule has 6 rings (SSSR count). The first-order chi connectivity index (χ1) is 17.2. The predicted octanol–water partition coefficient (Wildman–Crippen LogP) is 5.13. The van der Waals surface area contributed by atoms with E-state index in [-0.39, 0.29) is 40.5 Å². The average Bonchev–Trinajstić information content (AvgIpc) is 3.13. The molecule has 7 atom stereocenters. The first kappa shape index (κ1) is 24.3. The molecule has 0 saturated heterocycles. The van der Waals surface area contributed by atoms with Gasteiger partial charge in [-0.1, -0.05) is 37.6 Å². The number of hydrogen-bond acceptors (Lipinski definition) is 6. The first-order valence-electron chi connectivity index (χ1n) is 13.3. The fraction of sp³-hybridized carbons (Fsp3) is 0.567. The van der Waals surface area contributed by atoms with E-state index < -0.39 is 17.1 Å². The van der Waals surface area contributed by atoms with E-state index in [1.165, 1.54) is 17.3 Å². The second-order valence-electron chi connectivity index (χ2n) is 12.0. The number of aliphatic hydroxyl groups excluding tert-OH is 1. The second kappa shape index (κ2) is 8.50. The molecule has 0 spiro atoms. The number of pyridine rings is 1. The van der Waals surface area contributed by atoms with Crippen LogP contribution in [0.15, 0.2) is 53.1 Å². The van der Waals surface area contributed by atoms with Gasteiger partial charge in [0.2, 0.25) is 0 Å². The zero-order chi connectivity index (χ0) is 25.3. The van der Waals surface area contributed by atoms with E-state index >= 15 is 0 Å². The molecule has 0 aliphatic heterocycles. The van der Waals surface area contributed by atoms with Gasteiger partial charge >= 0.3 is 0 Å². The molecule has 5 unspecified atom stereocenters. The molecule has 0 amide bonds. The summed E-state index contributed by atoms with van der Waals surface area (Å²) in [6, 6.07) is 9.88. The smallest absolute Gasteiger partial charge is 0.175 e. The van der Waals surface area contributed by atoms with Gasteiger partial charge in [0, 0.05) is 28.3 Å². The Morgan fingerprint density at radius 1 is 1.14 bits per heavy atom. The minimum Gasteiger partial charge on any atom is -0.393 e. The Bertz CT molecular complexity index is 1270. The highest BCUT2D eigenvalue weighted by molar-refractivity contribution is 8.00. The number of aliphatic hydroxyl groups is 2. The number of rotatable bonds is 4. The van der Waals surface area contributed by atoms with Crippen molar-refractivity contribution < 1.29 is 19.8 Å². The number of carbonyl (C=O) groups excluding carboxylic acids is 2. The summed E-state index contributed by atoms with van der Waals surface area (Å²) in [4.78, 5) is 31.3. The molecule has 1 heterocycles. The van der Waals surface area contributed by atoms with Gasteiger partial charge in [-0.2, -0.15) is 0 Å². The van der Waals surface area contributed by atoms with Crippen LogP contribution in [0.4, 0.5) is 0 Å². The van der Waals surface area contributed by atoms with Crippen LogP contribution in [-0.2, 0) is 9.59 Å². The quantitative estimate of drug-likeness (QED) is 0.560. The Kier molecular flexibility index (Phi) is 5.75. The van der Waals surface area contributed by atoms with Crippen LogP contribution in [0.5, 0.6) is 0 Å². The van der Waals surface area contributed by atoms with Crippen LogP contribution in [0.25, 0.3) is 10.9 Å². The lowest BCUT2D eigenvalue weighted by molar-refractivity contribution is -0.178. The van der Waals surface area contributed by atoms with Gasteiger partial charge in [0.15, 0.2) is 11.6 Å². The van der Waals surface area contributed by atoms with E-state index in [1.807, 2.05) is 43.3 Å². The van der Waals surface area contributed by atoms with Crippen molar-refractivity contribution in [2.45, 2.75) is 75.4 Å². The Hall–Kier alpha value is -2.02. The Labute approximate surface area is 216 Å². The summed E-state index contributed by atoms with van der Waals surface area (Å²) in [7, 11) is 0. The molecule has 1 aromatic heterocycles. The molecule has 3 saturated carbocycles. The number of fused-ring (bicyclic) bond motifs is 6. The van der Waals surface area contributed by atoms with Gasteiger partial charge in [0.25, 0.3) is 0 Å². The van der Waals surface area contributed by atoms with Crippen LogP contribution in [0, 0.1) is 28.6 Å². The van der Waals surface area contributed by atoms with Crippen LogP contribution in [-0.4, -0.2) is 44.2 Å². The summed E-state index contributed by atoms with van der Waals surface area (Å²) in [6.45, 7) is 4.28. The number of ketones is 2. The van der Waals surface area contributed by atoms with Crippen molar-refractivity contribution in [3.05, 3.63) is 48.2 Å². The summed E-state index contributed by atoms with van der Waals surface area (Å²) >= 11 is 1.45. The van der Waals surface area contributed by atoms with E-state index in [2.05, 4.69) is 11.9 Å². The van der Waals surface area contributed by atoms with Crippen LogP contribution < -0.4 is 0 Å². The number of carbonyl (C=O) groups is 2. The number of para-hydroxylation sites is 1. The molecule has 1 aromatic carbocycles. The van der Waals surface area contributed by atoms with Crippen LogP contribution in [0.2, 0.25) is 0 Å². The number of nitrogens with zero attached hydrogens (tertiary/aromatic N) is 1. The molecule has 2 N–H and O–H groups in total. The van der Waals surface area contributed by atoms with Gasteiger partial charge in [-0.3, -0.25) is 14.6 Å².